The van der Waals surface area contributed by atoms with Gasteiger partial charge in [-0.25, -0.2) is 4.79 Å². The van der Waals surface area contributed by atoms with Gasteiger partial charge in [0.2, 0.25) is 0 Å². The van der Waals surface area contributed by atoms with Crippen LogP contribution in [0.4, 0.5) is 0 Å². The molecule has 1 aromatic rings. The lowest BCUT2D eigenvalue weighted by Gasteiger charge is -2.18. The zero-order chi connectivity index (χ0) is 20.4. The predicted octanol–water partition coefficient (Wildman–Crippen LogP) is 2.18. The standard InChI is InChI=1S/C21H17BO6/c1-3-5-15(14(4-2)21(24)25)20-16-8-6-12(22(26)27)10-18(16)28-19-11-13(23)7-9-17(19)20/h3-11,26-27H,1H2,2H3,(H,24,25)/b14-4+,15-5+. The molecule has 0 saturated heterocycles. The van der Waals surface area contributed by atoms with Crippen molar-refractivity contribution in [1.29, 1.82) is 0 Å². The minimum Gasteiger partial charge on any atom is -0.478 e. The van der Waals surface area contributed by atoms with Crippen LogP contribution in [-0.4, -0.2) is 28.2 Å². The Morgan fingerprint density at radius 1 is 1.18 bits per heavy atom. The van der Waals surface area contributed by atoms with Crippen LogP contribution in [0.25, 0.3) is 27.9 Å². The Balaban J connectivity index is 2.50. The van der Waals surface area contributed by atoms with Crippen molar-refractivity contribution < 1.29 is 24.4 Å². The number of aliphatic carboxylic acids is 1. The largest absolute Gasteiger partial charge is 0.488 e. The molecule has 1 heterocycles. The molecule has 0 amide bonds. The molecule has 28 heavy (non-hydrogen) atoms. The normalized spacial score (nSPS) is 12.4. The molecule has 3 rings (SSSR count). The number of carboxylic acid groups (broad SMARTS) is 1. The maximum absolute atomic E-state index is 11.8. The quantitative estimate of drug-likeness (QED) is 0.273. The molecule has 1 aliphatic heterocycles. The summed E-state index contributed by atoms with van der Waals surface area (Å²) in [6.45, 7) is 5.30. The summed E-state index contributed by atoms with van der Waals surface area (Å²) in [7, 11) is -1.70. The molecule has 0 saturated carbocycles. The van der Waals surface area contributed by atoms with Crippen molar-refractivity contribution in [2.75, 3.05) is 0 Å². The fourth-order valence-electron chi connectivity index (χ4n) is 3.16. The van der Waals surface area contributed by atoms with Gasteiger partial charge in [0.25, 0.3) is 0 Å². The topological polar surface area (TPSA) is 108 Å². The van der Waals surface area contributed by atoms with E-state index in [1.165, 1.54) is 36.4 Å². The third-order valence-electron chi connectivity index (χ3n) is 4.38. The molecule has 7 heteroatoms. The van der Waals surface area contributed by atoms with Crippen molar-refractivity contribution in [2.24, 2.45) is 0 Å². The summed E-state index contributed by atoms with van der Waals surface area (Å²) in [5, 5.41) is 29.1. The first-order valence-corrected chi connectivity index (χ1v) is 8.47. The summed E-state index contributed by atoms with van der Waals surface area (Å²) in [5.41, 5.74) is 1.79. The second-order valence-corrected chi connectivity index (χ2v) is 6.09. The fourth-order valence-corrected chi connectivity index (χ4v) is 3.16. The minimum absolute atomic E-state index is 0.0613. The number of benzene rings is 2. The number of carbonyl (C=O) groups is 1. The van der Waals surface area contributed by atoms with E-state index in [0.29, 0.717) is 22.1 Å². The predicted molar refractivity (Wildman–Crippen MR) is 108 cm³/mol. The minimum atomic E-state index is -1.70. The van der Waals surface area contributed by atoms with E-state index >= 15 is 0 Å². The van der Waals surface area contributed by atoms with Gasteiger partial charge in [-0.1, -0.05) is 36.9 Å². The van der Waals surface area contributed by atoms with E-state index in [9.17, 15) is 24.7 Å². The first-order valence-electron chi connectivity index (χ1n) is 8.47. The van der Waals surface area contributed by atoms with Crippen molar-refractivity contribution in [3.05, 3.63) is 82.6 Å². The molecule has 0 atom stereocenters. The molecular formula is C21H17BO6. The number of allylic oxidation sites excluding steroid dienone is 3. The average Bonchev–Trinajstić information content (AvgIpc) is 2.65. The van der Waals surface area contributed by atoms with Crippen LogP contribution in [0.2, 0.25) is 0 Å². The highest BCUT2D eigenvalue weighted by atomic mass is 16.4. The molecule has 1 aliphatic carbocycles. The van der Waals surface area contributed by atoms with Crippen molar-refractivity contribution in [1.82, 2.24) is 0 Å². The number of fused-ring (bicyclic) bond motifs is 2. The van der Waals surface area contributed by atoms with Gasteiger partial charge in [-0.3, -0.25) is 4.79 Å². The second-order valence-electron chi connectivity index (χ2n) is 6.09. The van der Waals surface area contributed by atoms with Crippen LogP contribution in [0.1, 0.15) is 12.5 Å². The summed E-state index contributed by atoms with van der Waals surface area (Å²) >= 11 is 0. The van der Waals surface area contributed by atoms with Gasteiger partial charge >= 0.3 is 13.1 Å². The summed E-state index contributed by atoms with van der Waals surface area (Å²) in [5.74, 6) is -0.851. The summed E-state index contributed by atoms with van der Waals surface area (Å²) in [6, 6.07) is 8.85. The first kappa shape index (κ1) is 19.3. The van der Waals surface area contributed by atoms with Gasteiger partial charge in [-0.15, -0.1) is 0 Å². The zero-order valence-electron chi connectivity index (χ0n) is 15.0. The number of rotatable bonds is 5. The molecular weight excluding hydrogens is 359 g/mol. The second kappa shape index (κ2) is 7.68. The van der Waals surface area contributed by atoms with Crippen LogP contribution < -0.4 is 10.9 Å². The molecule has 6 nitrogen and oxygen atoms in total. The van der Waals surface area contributed by atoms with E-state index in [-0.39, 0.29) is 27.8 Å². The first-order chi connectivity index (χ1) is 13.4. The van der Waals surface area contributed by atoms with Crippen LogP contribution >= 0.6 is 0 Å². The van der Waals surface area contributed by atoms with Gasteiger partial charge in [0, 0.05) is 22.6 Å². The van der Waals surface area contributed by atoms with E-state index in [2.05, 4.69) is 6.58 Å². The van der Waals surface area contributed by atoms with Crippen molar-refractivity contribution in [3.63, 3.8) is 0 Å². The SMILES string of the molecule is C=C/C=C(\C(=C/C)C(=O)O)c1c2ccc(=O)cc-2oc2cc(B(O)O)ccc12. The Morgan fingerprint density at radius 2 is 1.93 bits per heavy atom. The molecule has 0 unspecified atom stereocenters. The molecule has 0 spiro atoms. The molecule has 0 aromatic heterocycles. The van der Waals surface area contributed by atoms with E-state index < -0.39 is 13.1 Å². The van der Waals surface area contributed by atoms with Crippen LogP contribution in [-0.2, 0) is 4.79 Å². The monoisotopic (exact) mass is 376 g/mol. The average molecular weight is 376 g/mol. The van der Waals surface area contributed by atoms with Crippen LogP contribution in [0.15, 0.2) is 76.0 Å². The van der Waals surface area contributed by atoms with Gasteiger partial charge in [0.15, 0.2) is 5.43 Å². The van der Waals surface area contributed by atoms with Crippen LogP contribution in [0.5, 0.6) is 0 Å². The Labute approximate surface area is 160 Å². The fraction of sp³-hybridized carbons (Fsp3) is 0.0476. The van der Waals surface area contributed by atoms with E-state index in [0.717, 1.165) is 0 Å². The van der Waals surface area contributed by atoms with Gasteiger partial charge in [0.1, 0.15) is 11.3 Å². The highest BCUT2D eigenvalue weighted by Gasteiger charge is 2.24. The Kier molecular flexibility index (Phi) is 5.31. The van der Waals surface area contributed by atoms with E-state index in [1.807, 2.05) is 0 Å². The molecule has 0 radical (unpaired) electrons. The summed E-state index contributed by atoms with van der Waals surface area (Å²) < 4.78 is 5.82. The van der Waals surface area contributed by atoms with E-state index in [4.69, 9.17) is 4.42 Å². The van der Waals surface area contributed by atoms with Crippen molar-refractivity contribution in [2.45, 2.75) is 6.92 Å². The third kappa shape index (κ3) is 3.41. The van der Waals surface area contributed by atoms with Crippen LogP contribution in [0, 0.1) is 0 Å². The number of carboxylic acids is 1. The maximum atomic E-state index is 11.8. The van der Waals surface area contributed by atoms with Gasteiger partial charge < -0.3 is 19.6 Å². The highest BCUT2D eigenvalue weighted by molar-refractivity contribution is 6.58. The summed E-state index contributed by atoms with van der Waals surface area (Å²) in [6.07, 6.45) is 4.54. The van der Waals surface area contributed by atoms with E-state index in [1.54, 1.807) is 25.1 Å². The lowest BCUT2D eigenvalue weighted by molar-refractivity contribution is -0.132. The number of hydrogen-bond acceptors (Lipinski definition) is 5. The lowest BCUT2D eigenvalue weighted by Crippen LogP contribution is -2.29. The number of hydrogen-bond donors (Lipinski definition) is 3. The molecule has 0 fully saturated rings. The maximum Gasteiger partial charge on any atom is 0.488 e. The van der Waals surface area contributed by atoms with Crippen LogP contribution in [0.3, 0.4) is 0 Å². The summed E-state index contributed by atoms with van der Waals surface area (Å²) in [4.78, 5) is 23.6. The molecule has 3 N–H and O–H groups in total. The van der Waals surface area contributed by atoms with Gasteiger partial charge in [0.05, 0.1) is 5.57 Å². The molecule has 2 aliphatic rings. The molecule has 1 aromatic carbocycles. The molecule has 140 valence electrons. The Hall–Kier alpha value is -3.42. The highest BCUT2D eigenvalue weighted by Crippen LogP contribution is 2.39. The van der Waals surface area contributed by atoms with Gasteiger partial charge in [-0.05, 0) is 36.2 Å². The van der Waals surface area contributed by atoms with Crippen molar-refractivity contribution in [3.8, 4) is 11.3 Å². The Bertz CT molecular complexity index is 1170. The third-order valence-corrected chi connectivity index (χ3v) is 4.38. The van der Waals surface area contributed by atoms with Gasteiger partial charge in [-0.2, -0.15) is 0 Å². The van der Waals surface area contributed by atoms with Crippen molar-refractivity contribution >= 4 is 35.1 Å². The lowest BCUT2D eigenvalue weighted by atomic mass is 9.79. The Morgan fingerprint density at radius 3 is 2.54 bits per heavy atom. The zero-order valence-corrected chi connectivity index (χ0v) is 15.0. The smallest absolute Gasteiger partial charge is 0.478 e. The molecule has 0 bridgehead atoms.